The number of methoxy groups -OCH3 is 1. The molecule has 19 heavy (non-hydrogen) atoms. The molecule has 0 N–H and O–H groups in total. The zero-order valence-corrected chi connectivity index (χ0v) is 13.5. The van der Waals surface area contributed by atoms with Gasteiger partial charge in [-0.15, -0.1) is 0 Å². The van der Waals surface area contributed by atoms with E-state index >= 15 is 0 Å². The molecule has 0 spiro atoms. The zero-order chi connectivity index (χ0) is 13.8. The zero-order valence-electron chi connectivity index (χ0n) is 10.4. The van der Waals surface area contributed by atoms with E-state index in [2.05, 4.69) is 15.9 Å². The van der Waals surface area contributed by atoms with Crippen LogP contribution in [0.1, 0.15) is 6.42 Å². The number of hydrogen-bond donors (Lipinski definition) is 0. The van der Waals surface area contributed by atoms with Crippen molar-refractivity contribution >= 4 is 39.1 Å². The van der Waals surface area contributed by atoms with Crippen LogP contribution in [0.4, 0.5) is 0 Å². The van der Waals surface area contributed by atoms with Gasteiger partial charge in [0.1, 0.15) is 18.0 Å². The molecule has 106 valence electrons. The molecule has 1 aromatic rings. The highest BCUT2D eigenvalue weighted by atomic mass is 79.9. The van der Waals surface area contributed by atoms with Crippen LogP contribution in [0.2, 0.25) is 10.0 Å². The second-order valence-corrected chi connectivity index (χ2v) is 6.39. The minimum absolute atomic E-state index is 0.00997. The van der Waals surface area contributed by atoms with Gasteiger partial charge in [0.2, 0.25) is 0 Å². The Bertz CT molecular complexity index is 410. The molecule has 3 unspecified atom stereocenters. The lowest BCUT2D eigenvalue weighted by Crippen LogP contribution is -2.52. The molecule has 1 aliphatic rings. The molecule has 0 radical (unpaired) electrons. The van der Waals surface area contributed by atoms with Gasteiger partial charge in [0.05, 0.1) is 13.2 Å². The topological polar surface area (TPSA) is 27.7 Å². The Morgan fingerprint density at radius 3 is 2.47 bits per heavy atom. The van der Waals surface area contributed by atoms with Crippen molar-refractivity contribution in [3.05, 3.63) is 28.2 Å². The normalized spacial score (nSPS) is 26.0. The van der Waals surface area contributed by atoms with E-state index in [0.29, 0.717) is 33.8 Å². The van der Waals surface area contributed by atoms with Gasteiger partial charge in [-0.2, -0.15) is 0 Å². The molecular weight excluding hydrogens is 355 g/mol. The van der Waals surface area contributed by atoms with E-state index in [0.717, 1.165) is 6.42 Å². The Morgan fingerprint density at radius 1 is 1.21 bits per heavy atom. The van der Waals surface area contributed by atoms with Crippen LogP contribution in [-0.2, 0) is 9.47 Å². The van der Waals surface area contributed by atoms with Gasteiger partial charge in [0, 0.05) is 28.4 Å². The van der Waals surface area contributed by atoms with Gasteiger partial charge in [-0.25, -0.2) is 0 Å². The Hall–Kier alpha value is -0.000000000000000111. The van der Waals surface area contributed by atoms with Gasteiger partial charge < -0.3 is 14.2 Å². The van der Waals surface area contributed by atoms with E-state index in [9.17, 15) is 0 Å². The fourth-order valence-corrected chi connectivity index (χ4v) is 3.26. The molecule has 1 fully saturated rings. The molecule has 3 atom stereocenters. The van der Waals surface area contributed by atoms with E-state index in [1.54, 1.807) is 25.3 Å². The van der Waals surface area contributed by atoms with E-state index in [1.807, 2.05) is 0 Å². The summed E-state index contributed by atoms with van der Waals surface area (Å²) in [6, 6.07) is 5.18. The number of benzene rings is 1. The first-order valence-electron chi connectivity index (χ1n) is 5.97. The highest BCUT2D eigenvalue weighted by Gasteiger charge is 2.42. The van der Waals surface area contributed by atoms with Crippen molar-refractivity contribution in [2.45, 2.75) is 23.5 Å². The fraction of sp³-hybridized carbons (Fsp3) is 0.538. The Morgan fingerprint density at radius 2 is 1.89 bits per heavy atom. The molecule has 0 aliphatic heterocycles. The molecule has 0 amide bonds. The maximum atomic E-state index is 5.94. The van der Waals surface area contributed by atoms with Crippen molar-refractivity contribution in [1.29, 1.82) is 0 Å². The summed E-state index contributed by atoms with van der Waals surface area (Å²) in [6.45, 7) is 1.13. The third kappa shape index (κ3) is 4.23. The molecule has 6 heteroatoms. The molecule has 1 saturated carbocycles. The second kappa shape index (κ2) is 7.14. The first kappa shape index (κ1) is 15.4. The number of halogens is 3. The monoisotopic (exact) mass is 368 g/mol. The standard InChI is InChI=1S/C13H15BrCl2O3/c1-17-2-3-18-13-11(14)7-12(13)19-10-5-8(15)4-9(16)6-10/h4-6,11-13H,2-3,7H2,1H3. The SMILES string of the molecule is COCCOC1C(Br)CC1Oc1cc(Cl)cc(Cl)c1. The Balaban J connectivity index is 1.91. The molecule has 0 saturated heterocycles. The lowest BCUT2D eigenvalue weighted by atomic mass is 9.91. The predicted molar refractivity (Wildman–Crippen MR) is 79.8 cm³/mol. The van der Waals surface area contributed by atoms with Gasteiger partial charge in [0.25, 0.3) is 0 Å². The summed E-state index contributed by atoms with van der Waals surface area (Å²) in [5.41, 5.74) is 0. The van der Waals surface area contributed by atoms with Crippen LogP contribution in [0.15, 0.2) is 18.2 Å². The summed E-state index contributed by atoms with van der Waals surface area (Å²) in [4.78, 5) is 0.309. The van der Waals surface area contributed by atoms with Crippen LogP contribution in [-0.4, -0.2) is 37.4 Å². The van der Waals surface area contributed by atoms with Crippen LogP contribution in [0, 0.1) is 0 Å². The second-order valence-electron chi connectivity index (χ2n) is 4.34. The molecular formula is C13H15BrCl2O3. The number of ether oxygens (including phenoxy) is 3. The van der Waals surface area contributed by atoms with Crippen molar-refractivity contribution in [3.8, 4) is 5.75 Å². The summed E-state index contributed by atoms with van der Waals surface area (Å²) in [5, 5.41) is 1.13. The van der Waals surface area contributed by atoms with E-state index in [4.69, 9.17) is 37.4 Å². The first-order valence-corrected chi connectivity index (χ1v) is 7.64. The maximum absolute atomic E-state index is 5.94. The van der Waals surface area contributed by atoms with Crippen LogP contribution in [0.25, 0.3) is 0 Å². The third-order valence-corrected chi connectivity index (χ3v) is 4.23. The summed E-state index contributed by atoms with van der Waals surface area (Å²) >= 11 is 15.4. The Labute approximate surface area is 131 Å². The minimum Gasteiger partial charge on any atom is -0.488 e. The largest absolute Gasteiger partial charge is 0.488 e. The van der Waals surface area contributed by atoms with Crippen molar-refractivity contribution in [2.24, 2.45) is 0 Å². The fourth-order valence-electron chi connectivity index (χ4n) is 1.89. The van der Waals surface area contributed by atoms with Crippen molar-refractivity contribution in [2.75, 3.05) is 20.3 Å². The Kier molecular flexibility index (Phi) is 5.78. The van der Waals surface area contributed by atoms with Crippen LogP contribution in [0.5, 0.6) is 5.75 Å². The van der Waals surface area contributed by atoms with Crippen molar-refractivity contribution in [1.82, 2.24) is 0 Å². The number of alkyl halides is 1. The van der Waals surface area contributed by atoms with Gasteiger partial charge in [-0.05, 0) is 18.2 Å². The highest BCUT2D eigenvalue weighted by molar-refractivity contribution is 9.09. The summed E-state index contributed by atoms with van der Waals surface area (Å²) in [7, 11) is 1.65. The van der Waals surface area contributed by atoms with Crippen LogP contribution >= 0.6 is 39.1 Å². The average molecular weight is 370 g/mol. The van der Waals surface area contributed by atoms with Gasteiger partial charge in [-0.3, -0.25) is 0 Å². The van der Waals surface area contributed by atoms with Crippen molar-refractivity contribution in [3.63, 3.8) is 0 Å². The summed E-state index contributed by atoms with van der Waals surface area (Å²) in [5.74, 6) is 0.669. The maximum Gasteiger partial charge on any atom is 0.127 e. The van der Waals surface area contributed by atoms with Gasteiger partial charge in [0.15, 0.2) is 0 Å². The lowest BCUT2D eigenvalue weighted by Gasteiger charge is -2.40. The van der Waals surface area contributed by atoms with Crippen molar-refractivity contribution < 1.29 is 14.2 Å². The number of hydrogen-bond acceptors (Lipinski definition) is 3. The summed E-state index contributed by atoms with van der Waals surface area (Å²) < 4.78 is 16.5. The van der Waals surface area contributed by atoms with E-state index in [-0.39, 0.29) is 12.2 Å². The minimum atomic E-state index is 0.00997. The molecule has 3 nitrogen and oxygen atoms in total. The smallest absolute Gasteiger partial charge is 0.127 e. The lowest BCUT2D eigenvalue weighted by molar-refractivity contribution is -0.0865. The molecule has 0 bridgehead atoms. The summed E-state index contributed by atoms with van der Waals surface area (Å²) in [6.07, 6.45) is 0.922. The van der Waals surface area contributed by atoms with E-state index in [1.165, 1.54) is 0 Å². The predicted octanol–water partition coefficient (Wildman–Crippen LogP) is 3.94. The number of rotatable bonds is 6. The molecule has 2 rings (SSSR count). The van der Waals surface area contributed by atoms with E-state index < -0.39 is 0 Å². The molecule has 1 aromatic carbocycles. The van der Waals surface area contributed by atoms with Crippen LogP contribution < -0.4 is 4.74 Å². The first-order chi connectivity index (χ1) is 9.10. The molecule has 1 aliphatic carbocycles. The average Bonchev–Trinajstić information content (AvgIpc) is 2.33. The third-order valence-electron chi connectivity index (χ3n) is 2.90. The quantitative estimate of drug-likeness (QED) is 0.561. The van der Waals surface area contributed by atoms with Gasteiger partial charge >= 0.3 is 0 Å². The van der Waals surface area contributed by atoms with Crippen LogP contribution in [0.3, 0.4) is 0 Å². The molecule has 0 heterocycles. The molecule has 0 aromatic heterocycles. The highest BCUT2D eigenvalue weighted by Crippen LogP contribution is 2.35. The van der Waals surface area contributed by atoms with Gasteiger partial charge in [-0.1, -0.05) is 39.1 Å².